The summed E-state index contributed by atoms with van der Waals surface area (Å²) in [4.78, 5) is 13.1. The number of benzene rings is 1. The monoisotopic (exact) mass is 354 g/mol. The Hall–Kier alpha value is -1.64. The summed E-state index contributed by atoms with van der Waals surface area (Å²) in [7, 11) is -3.07. The molecule has 0 bridgehead atoms. The normalized spacial score (nSPS) is 20.0. The molecule has 1 aromatic rings. The van der Waals surface area contributed by atoms with E-state index in [-0.39, 0.29) is 10.8 Å². The molecule has 7 nitrogen and oxygen atoms in total. The maximum atomic E-state index is 12.2. The first-order valence-electron chi connectivity index (χ1n) is 8.14. The Bertz CT molecular complexity index is 694. The molecule has 2 fully saturated rings. The molecule has 8 heteroatoms. The zero-order chi connectivity index (χ0) is 17.2. The first kappa shape index (κ1) is 17.2. The summed E-state index contributed by atoms with van der Waals surface area (Å²) in [5.41, 5.74) is 0.200. The van der Waals surface area contributed by atoms with E-state index >= 15 is 0 Å². The number of hydrogen-bond acceptors (Lipinski definition) is 5. The third kappa shape index (κ3) is 4.06. The molecule has 2 aliphatic rings. The van der Waals surface area contributed by atoms with Crippen LogP contribution in [0.3, 0.4) is 0 Å². The van der Waals surface area contributed by atoms with E-state index in [0.29, 0.717) is 45.1 Å². The van der Waals surface area contributed by atoms with Gasteiger partial charge in [0.15, 0.2) is 0 Å². The van der Waals surface area contributed by atoms with E-state index in [2.05, 4.69) is 4.90 Å². The van der Waals surface area contributed by atoms with Crippen LogP contribution in [-0.4, -0.2) is 73.3 Å². The largest absolute Gasteiger partial charge is 0.492 e. The van der Waals surface area contributed by atoms with Crippen LogP contribution in [-0.2, 0) is 10.0 Å². The fourth-order valence-corrected chi connectivity index (χ4v) is 4.62. The standard InChI is InChI=1S/C16H22N2O5S/c19-16(20)13-2-1-3-14(12-13)23-11-10-17-6-8-18(9-7-17)24(21,22)15-4-5-15/h1-3,12,15H,4-11H2,(H,19,20). The van der Waals surface area contributed by atoms with Gasteiger partial charge in [-0.25, -0.2) is 13.2 Å². The number of hydrogen-bond donors (Lipinski definition) is 1. The van der Waals surface area contributed by atoms with Crippen molar-refractivity contribution in [3.63, 3.8) is 0 Å². The van der Waals surface area contributed by atoms with Crippen LogP contribution in [0.1, 0.15) is 23.2 Å². The highest BCUT2D eigenvalue weighted by Crippen LogP contribution is 2.31. The molecule has 1 aliphatic heterocycles. The van der Waals surface area contributed by atoms with Crippen LogP contribution in [0.15, 0.2) is 24.3 Å². The Morgan fingerprint density at radius 2 is 1.92 bits per heavy atom. The molecule has 1 saturated heterocycles. The summed E-state index contributed by atoms with van der Waals surface area (Å²) in [6.45, 7) is 3.60. The van der Waals surface area contributed by atoms with Crippen molar-refractivity contribution in [3.8, 4) is 5.75 Å². The lowest BCUT2D eigenvalue weighted by molar-refractivity contribution is 0.0696. The molecule has 24 heavy (non-hydrogen) atoms. The van der Waals surface area contributed by atoms with E-state index in [1.165, 1.54) is 12.1 Å². The predicted octanol–water partition coefficient (Wildman–Crippen LogP) is 0.873. The third-order valence-electron chi connectivity index (χ3n) is 4.39. The lowest BCUT2D eigenvalue weighted by Crippen LogP contribution is -2.50. The number of carboxylic acid groups (broad SMARTS) is 1. The van der Waals surface area contributed by atoms with Crippen molar-refractivity contribution in [2.75, 3.05) is 39.3 Å². The molecule has 0 aromatic heterocycles. The van der Waals surface area contributed by atoms with Crippen LogP contribution >= 0.6 is 0 Å². The van der Waals surface area contributed by atoms with Crippen molar-refractivity contribution in [1.29, 1.82) is 0 Å². The smallest absolute Gasteiger partial charge is 0.335 e. The number of rotatable bonds is 7. The number of piperazine rings is 1. The number of carbonyl (C=O) groups is 1. The zero-order valence-electron chi connectivity index (χ0n) is 13.4. The quantitative estimate of drug-likeness (QED) is 0.782. The number of nitrogens with zero attached hydrogens (tertiary/aromatic N) is 2. The van der Waals surface area contributed by atoms with Crippen LogP contribution in [0.2, 0.25) is 0 Å². The van der Waals surface area contributed by atoms with Crippen molar-refractivity contribution in [1.82, 2.24) is 9.21 Å². The highest BCUT2D eigenvalue weighted by atomic mass is 32.2. The minimum atomic E-state index is -3.07. The van der Waals surface area contributed by atoms with Crippen molar-refractivity contribution in [3.05, 3.63) is 29.8 Å². The summed E-state index contributed by atoms with van der Waals surface area (Å²) in [6, 6.07) is 6.41. The van der Waals surface area contributed by atoms with Gasteiger partial charge in [-0.15, -0.1) is 0 Å². The number of carboxylic acids is 1. The first-order valence-corrected chi connectivity index (χ1v) is 9.64. The van der Waals surface area contributed by atoms with Gasteiger partial charge in [0.2, 0.25) is 10.0 Å². The van der Waals surface area contributed by atoms with Gasteiger partial charge in [0, 0.05) is 32.7 Å². The second-order valence-electron chi connectivity index (χ2n) is 6.17. The lowest BCUT2D eigenvalue weighted by atomic mass is 10.2. The Morgan fingerprint density at radius 1 is 1.21 bits per heavy atom. The molecule has 132 valence electrons. The van der Waals surface area contributed by atoms with Gasteiger partial charge in [-0.2, -0.15) is 4.31 Å². The molecule has 1 saturated carbocycles. The minimum Gasteiger partial charge on any atom is -0.492 e. The second kappa shape index (κ2) is 7.08. The van der Waals surface area contributed by atoms with Gasteiger partial charge in [-0.1, -0.05) is 6.07 Å². The van der Waals surface area contributed by atoms with E-state index in [4.69, 9.17) is 9.84 Å². The van der Waals surface area contributed by atoms with Crippen LogP contribution in [0, 0.1) is 0 Å². The fourth-order valence-electron chi connectivity index (χ4n) is 2.80. The Morgan fingerprint density at radius 3 is 2.54 bits per heavy atom. The number of ether oxygens (including phenoxy) is 1. The first-order chi connectivity index (χ1) is 11.5. The lowest BCUT2D eigenvalue weighted by Gasteiger charge is -2.33. The van der Waals surface area contributed by atoms with Gasteiger partial charge in [0.1, 0.15) is 12.4 Å². The van der Waals surface area contributed by atoms with Gasteiger partial charge in [-0.3, -0.25) is 4.90 Å². The molecule has 0 spiro atoms. The molecule has 1 N–H and O–H groups in total. The van der Waals surface area contributed by atoms with Crippen LogP contribution < -0.4 is 4.74 Å². The van der Waals surface area contributed by atoms with E-state index < -0.39 is 16.0 Å². The molecule has 1 aromatic carbocycles. The molecule has 0 radical (unpaired) electrons. The molecule has 1 heterocycles. The van der Waals surface area contributed by atoms with Gasteiger partial charge in [-0.05, 0) is 31.0 Å². The summed E-state index contributed by atoms with van der Waals surface area (Å²) >= 11 is 0. The third-order valence-corrected chi connectivity index (χ3v) is 6.79. The van der Waals surface area contributed by atoms with E-state index in [1.54, 1.807) is 16.4 Å². The fraction of sp³-hybridized carbons (Fsp3) is 0.562. The van der Waals surface area contributed by atoms with Crippen LogP contribution in [0.5, 0.6) is 5.75 Å². The SMILES string of the molecule is O=C(O)c1cccc(OCCN2CCN(S(=O)(=O)C3CC3)CC2)c1. The molecule has 0 amide bonds. The van der Waals surface area contributed by atoms with Crippen molar-refractivity contribution in [2.45, 2.75) is 18.1 Å². The van der Waals surface area contributed by atoms with Crippen molar-refractivity contribution >= 4 is 16.0 Å². The summed E-state index contributed by atoms with van der Waals surface area (Å²) < 4.78 is 31.6. The topological polar surface area (TPSA) is 87.2 Å². The highest BCUT2D eigenvalue weighted by molar-refractivity contribution is 7.90. The maximum Gasteiger partial charge on any atom is 0.335 e. The summed E-state index contributed by atoms with van der Waals surface area (Å²) in [5.74, 6) is -0.446. The molecule has 0 atom stereocenters. The molecule has 3 rings (SSSR count). The maximum absolute atomic E-state index is 12.2. The molecule has 0 unspecified atom stereocenters. The molecular weight excluding hydrogens is 332 g/mol. The van der Waals surface area contributed by atoms with Gasteiger partial charge in [0.25, 0.3) is 0 Å². The van der Waals surface area contributed by atoms with E-state index in [9.17, 15) is 13.2 Å². The van der Waals surface area contributed by atoms with Gasteiger partial charge < -0.3 is 9.84 Å². The molecule has 1 aliphatic carbocycles. The predicted molar refractivity (Wildman–Crippen MR) is 88.9 cm³/mol. The second-order valence-corrected chi connectivity index (χ2v) is 8.38. The Kier molecular flexibility index (Phi) is 5.07. The Labute approximate surface area is 141 Å². The number of sulfonamides is 1. The van der Waals surface area contributed by atoms with Crippen LogP contribution in [0.25, 0.3) is 0 Å². The number of aromatic carboxylic acids is 1. The van der Waals surface area contributed by atoms with Crippen LogP contribution in [0.4, 0.5) is 0 Å². The average molecular weight is 354 g/mol. The Balaban J connectivity index is 1.42. The van der Waals surface area contributed by atoms with E-state index in [0.717, 1.165) is 12.8 Å². The highest BCUT2D eigenvalue weighted by Gasteiger charge is 2.40. The summed E-state index contributed by atoms with van der Waals surface area (Å²) in [5, 5.41) is 8.81. The van der Waals surface area contributed by atoms with Gasteiger partial charge >= 0.3 is 5.97 Å². The molecular formula is C16H22N2O5S. The van der Waals surface area contributed by atoms with Crippen molar-refractivity contribution < 1.29 is 23.1 Å². The van der Waals surface area contributed by atoms with Crippen molar-refractivity contribution in [2.24, 2.45) is 0 Å². The van der Waals surface area contributed by atoms with Gasteiger partial charge in [0.05, 0.1) is 10.8 Å². The van der Waals surface area contributed by atoms with E-state index in [1.807, 2.05) is 0 Å². The minimum absolute atomic E-state index is 0.145. The summed E-state index contributed by atoms with van der Waals surface area (Å²) in [6.07, 6.45) is 1.59. The average Bonchev–Trinajstić information content (AvgIpc) is 3.41. The zero-order valence-corrected chi connectivity index (χ0v) is 14.2.